The Labute approximate surface area is 111 Å². The van der Waals surface area contributed by atoms with Gasteiger partial charge in [0.2, 0.25) is 5.91 Å². The molecule has 2 aliphatic rings. The smallest absolute Gasteiger partial charge is 0.236 e. The summed E-state index contributed by atoms with van der Waals surface area (Å²) >= 11 is 0. The molecule has 18 heavy (non-hydrogen) atoms. The lowest BCUT2D eigenvalue weighted by atomic mass is 9.78. The number of rotatable bonds is 1. The van der Waals surface area contributed by atoms with E-state index in [1.54, 1.807) is 0 Å². The second kappa shape index (κ2) is 7.74. The molecule has 0 aromatic rings. The van der Waals surface area contributed by atoms with Crippen molar-refractivity contribution in [2.75, 3.05) is 34.2 Å². The lowest BCUT2D eigenvalue weighted by Crippen LogP contribution is -2.51. The SMILES string of the molecule is CN(C)C.NCC(=O)N1CCCC2CCCC[C@@H]21. The van der Waals surface area contributed by atoms with Crippen molar-refractivity contribution in [1.29, 1.82) is 0 Å². The van der Waals surface area contributed by atoms with Crippen LogP contribution in [0.2, 0.25) is 0 Å². The van der Waals surface area contributed by atoms with E-state index in [-0.39, 0.29) is 12.5 Å². The minimum Gasteiger partial charge on any atom is -0.338 e. The van der Waals surface area contributed by atoms with Crippen molar-refractivity contribution >= 4 is 5.91 Å². The molecule has 2 N–H and O–H groups in total. The summed E-state index contributed by atoms with van der Waals surface area (Å²) in [6, 6.07) is 0.522. The van der Waals surface area contributed by atoms with Gasteiger partial charge in [-0.15, -0.1) is 0 Å². The van der Waals surface area contributed by atoms with Gasteiger partial charge in [-0.3, -0.25) is 4.79 Å². The van der Waals surface area contributed by atoms with E-state index in [0.29, 0.717) is 6.04 Å². The first kappa shape index (κ1) is 15.4. The van der Waals surface area contributed by atoms with Gasteiger partial charge in [0, 0.05) is 12.6 Å². The summed E-state index contributed by atoms with van der Waals surface area (Å²) in [5.74, 6) is 0.926. The zero-order chi connectivity index (χ0) is 13.5. The fourth-order valence-electron chi connectivity index (χ4n) is 3.05. The Hall–Kier alpha value is -0.610. The van der Waals surface area contributed by atoms with E-state index < -0.39 is 0 Å². The second-order valence-corrected chi connectivity index (χ2v) is 5.89. The molecule has 2 rings (SSSR count). The van der Waals surface area contributed by atoms with Gasteiger partial charge in [-0.25, -0.2) is 0 Å². The van der Waals surface area contributed by atoms with Crippen LogP contribution in [0.3, 0.4) is 0 Å². The number of nitrogens with two attached hydrogens (primary N) is 1. The van der Waals surface area contributed by atoms with Gasteiger partial charge in [-0.05, 0) is 52.7 Å². The second-order valence-electron chi connectivity index (χ2n) is 5.89. The summed E-state index contributed by atoms with van der Waals surface area (Å²) in [5.41, 5.74) is 5.43. The number of fused-ring (bicyclic) bond motifs is 1. The fourth-order valence-corrected chi connectivity index (χ4v) is 3.05. The predicted molar refractivity (Wildman–Crippen MR) is 75.4 cm³/mol. The van der Waals surface area contributed by atoms with E-state index >= 15 is 0 Å². The third kappa shape index (κ3) is 4.58. The number of amides is 1. The van der Waals surface area contributed by atoms with Crippen LogP contribution >= 0.6 is 0 Å². The topological polar surface area (TPSA) is 49.6 Å². The molecule has 4 nitrogen and oxygen atoms in total. The maximum atomic E-state index is 11.6. The van der Waals surface area contributed by atoms with Gasteiger partial charge in [0.1, 0.15) is 0 Å². The van der Waals surface area contributed by atoms with Gasteiger partial charge in [0.15, 0.2) is 0 Å². The molecule has 1 heterocycles. The van der Waals surface area contributed by atoms with Crippen molar-refractivity contribution in [1.82, 2.24) is 9.80 Å². The van der Waals surface area contributed by atoms with Crippen LogP contribution in [0.25, 0.3) is 0 Å². The zero-order valence-corrected chi connectivity index (χ0v) is 12.2. The van der Waals surface area contributed by atoms with Crippen molar-refractivity contribution in [2.45, 2.75) is 44.6 Å². The lowest BCUT2D eigenvalue weighted by molar-refractivity contribution is -0.135. The average Bonchev–Trinajstić information content (AvgIpc) is 2.36. The highest BCUT2D eigenvalue weighted by atomic mass is 16.2. The normalized spacial score (nSPS) is 27.3. The van der Waals surface area contributed by atoms with E-state index in [1.165, 1.54) is 38.5 Å². The van der Waals surface area contributed by atoms with Gasteiger partial charge >= 0.3 is 0 Å². The lowest BCUT2D eigenvalue weighted by Gasteiger charge is -2.44. The van der Waals surface area contributed by atoms with Gasteiger partial charge in [-0.2, -0.15) is 0 Å². The molecule has 0 aromatic carbocycles. The van der Waals surface area contributed by atoms with Crippen LogP contribution in [-0.2, 0) is 4.79 Å². The van der Waals surface area contributed by atoms with Crippen molar-refractivity contribution in [2.24, 2.45) is 11.7 Å². The molecule has 2 fully saturated rings. The number of nitrogens with zero attached hydrogens (tertiary/aromatic N) is 2. The number of hydrogen-bond acceptors (Lipinski definition) is 3. The van der Waals surface area contributed by atoms with Gasteiger partial charge in [-0.1, -0.05) is 12.8 Å². The van der Waals surface area contributed by atoms with Crippen LogP contribution in [0.4, 0.5) is 0 Å². The number of piperidine rings is 1. The summed E-state index contributed by atoms with van der Waals surface area (Å²) in [5, 5.41) is 0. The van der Waals surface area contributed by atoms with Crippen LogP contribution in [-0.4, -0.2) is 56.0 Å². The van der Waals surface area contributed by atoms with E-state index in [2.05, 4.69) is 0 Å². The molecule has 0 aromatic heterocycles. The predicted octanol–water partition coefficient (Wildman–Crippen LogP) is 1.30. The standard InChI is InChI=1S/C11H20N2O.C3H9N/c12-8-11(14)13-7-3-5-9-4-1-2-6-10(9)13;1-4(2)3/h9-10H,1-8,12H2;1-3H3/t9?,10-;/m0./s1. The number of carbonyl (C=O) groups excluding carboxylic acids is 1. The first-order valence-corrected chi connectivity index (χ1v) is 7.16. The highest BCUT2D eigenvalue weighted by molar-refractivity contribution is 5.78. The Balaban J connectivity index is 0.000000357. The number of hydrogen-bond donors (Lipinski definition) is 1. The molecule has 0 spiro atoms. The molecule has 1 saturated heterocycles. The molecular formula is C14H29N3O. The minimum atomic E-state index is 0.154. The van der Waals surface area contributed by atoms with Crippen LogP contribution in [0.5, 0.6) is 0 Å². The van der Waals surface area contributed by atoms with Crippen LogP contribution < -0.4 is 5.73 Å². The number of carbonyl (C=O) groups is 1. The van der Waals surface area contributed by atoms with Crippen LogP contribution in [0.15, 0.2) is 0 Å². The molecule has 1 aliphatic heterocycles. The van der Waals surface area contributed by atoms with Gasteiger partial charge in [0.05, 0.1) is 6.54 Å². The first-order chi connectivity index (χ1) is 8.56. The third-order valence-electron chi connectivity index (χ3n) is 3.74. The molecule has 4 heteroatoms. The van der Waals surface area contributed by atoms with Crippen molar-refractivity contribution in [3.63, 3.8) is 0 Å². The highest BCUT2D eigenvalue weighted by Crippen LogP contribution is 2.35. The monoisotopic (exact) mass is 255 g/mol. The Morgan fingerprint density at radius 3 is 2.33 bits per heavy atom. The van der Waals surface area contributed by atoms with Crippen molar-refractivity contribution < 1.29 is 4.79 Å². The summed E-state index contributed by atoms with van der Waals surface area (Å²) in [6.45, 7) is 1.13. The molecule has 1 saturated carbocycles. The first-order valence-electron chi connectivity index (χ1n) is 7.16. The summed E-state index contributed by atoms with van der Waals surface area (Å²) in [4.78, 5) is 15.7. The van der Waals surface area contributed by atoms with Crippen LogP contribution in [0, 0.1) is 5.92 Å². The maximum absolute atomic E-state index is 11.6. The van der Waals surface area contributed by atoms with E-state index in [0.717, 1.165) is 12.5 Å². The molecule has 106 valence electrons. The summed E-state index contributed by atoms with van der Waals surface area (Å²) < 4.78 is 0. The maximum Gasteiger partial charge on any atom is 0.236 e. The average molecular weight is 255 g/mol. The van der Waals surface area contributed by atoms with Crippen LogP contribution in [0.1, 0.15) is 38.5 Å². The molecular weight excluding hydrogens is 226 g/mol. The Morgan fingerprint density at radius 2 is 1.72 bits per heavy atom. The molecule has 2 atom stereocenters. The Morgan fingerprint density at radius 1 is 1.17 bits per heavy atom. The van der Waals surface area contributed by atoms with E-state index in [1.807, 2.05) is 30.9 Å². The molecule has 1 aliphatic carbocycles. The van der Waals surface area contributed by atoms with Gasteiger partial charge < -0.3 is 15.5 Å². The highest BCUT2D eigenvalue weighted by Gasteiger charge is 2.34. The molecule has 1 unspecified atom stereocenters. The fraction of sp³-hybridized carbons (Fsp3) is 0.929. The summed E-state index contributed by atoms with van der Waals surface area (Å²) in [6.07, 6.45) is 7.66. The largest absolute Gasteiger partial charge is 0.338 e. The quantitative estimate of drug-likeness (QED) is 0.768. The molecule has 0 radical (unpaired) electrons. The number of likely N-dealkylation sites (tertiary alicyclic amines) is 1. The van der Waals surface area contributed by atoms with E-state index in [4.69, 9.17) is 5.73 Å². The third-order valence-corrected chi connectivity index (χ3v) is 3.74. The zero-order valence-electron chi connectivity index (χ0n) is 12.2. The summed E-state index contributed by atoms with van der Waals surface area (Å²) in [7, 11) is 6.00. The Bertz CT molecular complexity index is 251. The molecule has 1 amide bonds. The molecule has 0 bridgehead atoms. The Kier molecular flexibility index (Phi) is 6.65. The van der Waals surface area contributed by atoms with Crippen molar-refractivity contribution in [3.8, 4) is 0 Å². The van der Waals surface area contributed by atoms with Gasteiger partial charge in [0.25, 0.3) is 0 Å². The van der Waals surface area contributed by atoms with E-state index in [9.17, 15) is 4.79 Å². The minimum absolute atomic E-state index is 0.154. The van der Waals surface area contributed by atoms with Crippen molar-refractivity contribution in [3.05, 3.63) is 0 Å².